The van der Waals surface area contributed by atoms with E-state index in [2.05, 4.69) is 24.1 Å². The summed E-state index contributed by atoms with van der Waals surface area (Å²) in [4.78, 5) is 43.9. The van der Waals surface area contributed by atoms with Crippen molar-refractivity contribution >= 4 is 17.7 Å². The highest BCUT2D eigenvalue weighted by Crippen LogP contribution is 2.27. The molecular formula is C24H40N4O3. The van der Waals surface area contributed by atoms with E-state index in [1.807, 2.05) is 9.80 Å². The van der Waals surface area contributed by atoms with E-state index in [4.69, 9.17) is 0 Å². The maximum atomic E-state index is 12.8. The van der Waals surface area contributed by atoms with E-state index in [0.29, 0.717) is 49.2 Å². The quantitative estimate of drug-likeness (QED) is 0.667. The van der Waals surface area contributed by atoms with Gasteiger partial charge in [0.1, 0.15) is 0 Å². The van der Waals surface area contributed by atoms with Crippen LogP contribution < -0.4 is 5.32 Å². The lowest BCUT2D eigenvalue weighted by Crippen LogP contribution is -2.44. The van der Waals surface area contributed by atoms with E-state index in [1.165, 1.54) is 0 Å². The van der Waals surface area contributed by atoms with Crippen molar-refractivity contribution in [3.8, 4) is 0 Å². The predicted octanol–water partition coefficient (Wildman–Crippen LogP) is 1.86. The summed E-state index contributed by atoms with van der Waals surface area (Å²) in [5.41, 5.74) is 0. The number of carbonyl (C=O) groups excluding carboxylic acids is 3. The first-order chi connectivity index (χ1) is 14.9. The fourth-order valence-corrected chi connectivity index (χ4v) is 5.40. The van der Waals surface area contributed by atoms with Gasteiger partial charge < -0.3 is 20.0 Å². The third kappa shape index (κ3) is 5.99. The summed E-state index contributed by atoms with van der Waals surface area (Å²) in [6, 6.07) is 0.947. The van der Waals surface area contributed by atoms with Crippen molar-refractivity contribution in [2.45, 2.75) is 77.3 Å². The molecule has 4 rings (SSSR count). The molecule has 174 valence electrons. The van der Waals surface area contributed by atoms with Gasteiger partial charge in [-0.2, -0.15) is 0 Å². The minimum Gasteiger partial charge on any atom is -0.353 e. The summed E-state index contributed by atoms with van der Waals surface area (Å²) in [5, 5.41) is 3.04. The van der Waals surface area contributed by atoms with Gasteiger partial charge in [-0.25, -0.2) is 0 Å². The minimum atomic E-state index is -0.183. The predicted molar refractivity (Wildman–Crippen MR) is 119 cm³/mol. The average molecular weight is 433 g/mol. The molecule has 31 heavy (non-hydrogen) atoms. The molecule has 4 fully saturated rings. The molecule has 1 atom stereocenters. The second kappa shape index (κ2) is 9.88. The standard InChI is InChI=1S/C24H40N4O3/c1-17(2)26-9-5-18(6-10-26)13-22(29)27-11-7-19(8-12-27)15-28-16-20(14-23(28)30)24(31)25-21-3-4-21/h17-21H,3-16H2,1-2H3,(H,25,31). The van der Waals surface area contributed by atoms with Crippen LogP contribution in [0.15, 0.2) is 0 Å². The highest BCUT2D eigenvalue weighted by atomic mass is 16.2. The van der Waals surface area contributed by atoms with Gasteiger partial charge in [0.25, 0.3) is 0 Å². The number of amides is 3. The van der Waals surface area contributed by atoms with Crippen LogP contribution in [0.4, 0.5) is 0 Å². The highest BCUT2D eigenvalue weighted by Gasteiger charge is 2.37. The number of nitrogens with zero attached hydrogens (tertiary/aromatic N) is 3. The van der Waals surface area contributed by atoms with Crippen LogP contribution in [0, 0.1) is 17.8 Å². The van der Waals surface area contributed by atoms with Crippen molar-refractivity contribution in [2.24, 2.45) is 17.8 Å². The van der Waals surface area contributed by atoms with Gasteiger partial charge in [0, 0.05) is 51.1 Å². The van der Waals surface area contributed by atoms with Crippen LogP contribution in [0.25, 0.3) is 0 Å². The van der Waals surface area contributed by atoms with Gasteiger partial charge in [0.15, 0.2) is 0 Å². The Labute approximate surface area is 186 Å². The summed E-state index contributed by atoms with van der Waals surface area (Å²) in [7, 11) is 0. The molecule has 1 N–H and O–H groups in total. The van der Waals surface area contributed by atoms with E-state index in [9.17, 15) is 14.4 Å². The smallest absolute Gasteiger partial charge is 0.225 e. The third-order valence-corrected chi connectivity index (χ3v) is 7.80. The number of likely N-dealkylation sites (tertiary alicyclic amines) is 3. The highest BCUT2D eigenvalue weighted by molar-refractivity contribution is 5.89. The Morgan fingerprint density at radius 1 is 0.968 bits per heavy atom. The lowest BCUT2D eigenvalue weighted by molar-refractivity contribution is -0.135. The van der Waals surface area contributed by atoms with Crippen molar-refractivity contribution in [3.05, 3.63) is 0 Å². The van der Waals surface area contributed by atoms with Gasteiger partial charge in [0.2, 0.25) is 17.7 Å². The molecule has 3 heterocycles. The number of nitrogens with one attached hydrogen (secondary N) is 1. The fraction of sp³-hybridized carbons (Fsp3) is 0.875. The lowest BCUT2D eigenvalue weighted by Gasteiger charge is -2.37. The molecule has 0 bridgehead atoms. The van der Waals surface area contributed by atoms with E-state index >= 15 is 0 Å². The molecule has 0 aromatic carbocycles. The zero-order chi connectivity index (χ0) is 22.0. The maximum absolute atomic E-state index is 12.8. The fourth-order valence-electron chi connectivity index (χ4n) is 5.40. The molecule has 0 aromatic rings. The molecule has 0 spiro atoms. The van der Waals surface area contributed by atoms with E-state index in [-0.39, 0.29) is 17.7 Å². The summed E-state index contributed by atoms with van der Waals surface area (Å²) >= 11 is 0. The van der Waals surface area contributed by atoms with Crippen LogP contribution in [0.3, 0.4) is 0 Å². The van der Waals surface area contributed by atoms with Crippen molar-refractivity contribution in [1.29, 1.82) is 0 Å². The van der Waals surface area contributed by atoms with Crippen LogP contribution in [0.5, 0.6) is 0 Å². The molecule has 7 heteroatoms. The van der Waals surface area contributed by atoms with Gasteiger partial charge in [-0.05, 0) is 77.3 Å². The summed E-state index contributed by atoms with van der Waals surface area (Å²) in [5.74, 6) is 1.27. The topological polar surface area (TPSA) is 73.0 Å². The van der Waals surface area contributed by atoms with Gasteiger partial charge in [-0.1, -0.05) is 0 Å². The molecule has 1 unspecified atom stereocenters. The number of hydrogen-bond donors (Lipinski definition) is 1. The molecule has 0 aromatic heterocycles. The summed E-state index contributed by atoms with van der Waals surface area (Å²) < 4.78 is 0. The van der Waals surface area contributed by atoms with Gasteiger partial charge in [-0.3, -0.25) is 14.4 Å². The first-order valence-electron chi connectivity index (χ1n) is 12.5. The Hall–Kier alpha value is -1.63. The number of piperidine rings is 2. The molecular weight excluding hydrogens is 392 g/mol. The Bertz CT molecular complexity index is 662. The largest absolute Gasteiger partial charge is 0.353 e. The van der Waals surface area contributed by atoms with Crippen molar-refractivity contribution in [1.82, 2.24) is 20.0 Å². The number of rotatable bonds is 7. The molecule has 0 radical (unpaired) electrons. The Kier molecular flexibility index (Phi) is 7.19. The van der Waals surface area contributed by atoms with Gasteiger partial charge in [0.05, 0.1) is 5.92 Å². The first-order valence-corrected chi connectivity index (χ1v) is 12.5. The average Bonchev–Trinajstić information content (AvgIpc) is 3.49. The van der Waals surface area contributed by atoms with Crippen molar-refractivity contribution < 1.29 is 14.4 Å². The van der Waals surface area contributed by atoms with Crippen LogP contribution in [0.1, 0.15) is 65.2 Å². The van der Waals surface area contributed by atoms with Crippen LogP contribution >= 0.6 is 0 Å². The summed E-state index contributed by atoms with van der Waals surface area (Å²) in [6.45, 7) is 9.63. The Balaban J connectivity index is 1.15. The molecule has 3 saturated heterocycles. The third-order valence-electron chi connectivity index (χ3n) is 7.80. The van der Waals surface area contributed by atoms with Crippen LogP contribution in [-0.2, 0) is 14.4 Å². The first kappa shape index (κ1) is 22.6. The zero-order valence-electron chi connectivity index (χ0n) is 19.4. The molecule has 1 saturated carbocycles. The molecule has 7 nitrogen and oxygen atoms in total. The second-order valence-electron chi connectivity index (χ2n) is 10.6. The Morgan fingerprint density at radius 2 is 1.61 bits per heavy atom. The number of carbonyl (C=O) groups is 3. The zero-order valence-corrected chi connectivity index (χ0v) is 19.4. The molecule has 1 aliphatic carbocycles. The monoisotopic (exact) mass is 432 g/mol. The van der Waals surface area contributed by atoms with Crippen molar-refractivity contribution in [3.63, 3.8) is 0 Å². The maximum Gasteiger partial charge on any atom is 0.225 e. The molecule has 4 aliphatic rings. The van der Waals surface area contributed by atoms with E-state index in [0.717, 1.165) is 71.2 Å². The van der Waals surface area contributed by atoms with E-state index in [1.54, 1.807) is 0 Å². The summed E-state index contributed by atoms with van der Waals surface area (Å²) in [6.07, 6.45) is 7.38. The molecule has 3 aliphatic heterocycles. The minimum absolute atomic E-state index is 0.0537. The Morgan fingerprint density at radius 3 is 2.23 bits per heavy atom. The van der Waals surface area contributed by atoms with Crippen molar-refractivity contribution in [2.75, 3.05) is 39.3 Å². The normalized spacial score (nSPS) is 26.7. The van der Waals surface area contributed by atoms with Crippen LogP contribution in [-0.4, -0.2) is 83.8 Å². The second-order valence-corrected chi connectivity index (χ2v) is 10.6. The van der Waals surface area contributed by atoms with Gasteiger partial charge in [-0.15, -0.1) is 0 Å². The lowest BCUT2D eigenvalue weighted by atomic mass is 9.91. The number of hydrogen-bond acceptors (Lipinski definition) is 4. The van der Waals surface area contributed by atoms with E-state index < -0.39 is 0 Å². The van der Waals surface area contributed by atoms with Gasteiger partial charge >= 0.3 is 0 Å². The molecule has 3 amide bonds. The van der Waals surface area contributed by atoms with Crippen LogP contribution in [0.2, 0.25) is 0 Å². The SMILES string of the molecule is CC(C)N1CCC(CC(=O)N2CCC(CN3CC(C(=O)NC4CC4)CC3=O)CC2)CC1.